The van der Waals surface area contributed by atoms with E-state index in [1.54, 1.807) is 7.85 Å². The second-order valence-corrected chi connectivity index (χ2v) is 2.21. The standard InChI is InChI=1S/C7H6BF3/c8-3-4-1-6(10)7(11)2-5(4)9/h1-2H,3,8H2. The molecular formula is C7H6BF3. The highest BCUT2D eigenvalue weighted by Gasteiger charge is 2.07. The Morgan fingerprint density at radius 2 is 1.55 bits per heavy atom. The van der Waals surface area contributed by atoms with Gasteiger partial charge in [0.15, 0.2) is 11.6 Å². The Morgan fingerprint density at radius 1 is 1.00 bits per heavy atom. The van der Waals surface area contributed by atoms with E-state index in [1.807, 2.05) is 0 Å². The molecule has 0 fully saturated rings. The van der Waals surface area contributed by atoms with Crippen LogP contribution in [0.1, 0.15) is 5.56 Å². The molecule has 1 aromatic rings. The minimum Gasteiger partial charge on any atom is -0.207 e. The van der Waals surface area contributed by atoms with Gasteiger partial charge < -0.3 is 0 Å². The first-order valence-electron chi connectivity index (χ1n) is 3.28. The molecule has 0 aliphatic rings. The van der Waals surface area contributed by atoms with E-state index in [9.17, 15) is 13.2 Å². The van der Waals surface area contributed by atoms with Crippen LogP contribution in [0, 0.1) is 17.5 Å². The third-order valence-corrected chi connectivity index (χ3v) is 1.47. The van der Waals surface area contributed by atoms with E-state index >= 15 is 0 Å². The van der Waals surface area contributed by atoms with Gasteiger partial charge in [-0.15, -0.1) is 0 Å². The summed E-state index contributed by atoms with van der Waals surface area (Å²) in [7, 11) is 1.68. The highest BCUT2D eigenvalue weighted by molar-refractivity contribution is 6.08. The van der Waals surface area contributed by atoms with Crippen LogP contribution < -0.4 is 0 Å². The predicted octanol–water partition coefficient (Wildman–Crippen LogP) is 1.24. The molecule has 0 nitrogen and oxygen atoms in total. The third kappa shape index (κ3) is 1.56. The number of rotatable bonds is 1. The minimum atomic E-state index is -1.14. The lowest BCUT2D eigenvalue weighted by Gasteiger charge is -1.99. The Bertz CT molecular complexity index is 273. The summed E-state index contributed by atoms with van der Waals surface area (Å²) in [5.41, 5.74) is 0.198. The molecule has 0 atom stereocenters. The van der Waals surface area contributed by atoms with Gasteiger partial charge in [0.05, 0.1) is 0 Å². The van der Waals surface area contributed by atoms with Gasteiger partial charge in [0, 0.05) is 6.07 Å². The van der Waals surface area contributed by atoms with Crippen LogP contribution in [0.4, 0.5) is 13.2 Å². The third-order valence-electron chi connectivity index (χ3n) is 1.47. The predicted molar refractivity (Wildman–Crippen MR) is 38.6 cm³/mol. The van der Waals surface area contributed by atoms with Gasteiger partial charge in [0.2, 0.25) is 0 Å². The maximum absolute atomic E-state index is 12.6. The van der Waals surface area contributed by atoms with Crippen molar-refractivity contribution in [3.8, 4) is 0 Å². The highest BCUT2D eigenvalue weighted by Crippen LogP contribution is 2.12. The quantitative estimate of drug-likeness (QED) is 0.426. The van der Waals surface area contributed by atoms with E-state index < -0.39 is 17.5 Å². The molecule has 0 unspecified atom stereocenters. The molecule has 11 heavy (non-hydrogen) atoms. The van der Waals surface area contributed by atoms with Crippen molar-refractivity contribution in [1.82, 2.24) is 0 Å². The molecule has 0 aliphatic heterocycles. The van der Waals surface area contributed by atoms with Crippen LogP contribution in [0.2, 0.25) is 0 Å². The van der Waals surface area contributed by atoms with Crippen molar-refractivity contribution in [3.63, 3.8) is 0 Å². The van der Waals surface area contributed by atoms with Crippen LogP contribution in [-0.4, -0.2) is 7.85 Å². The monoisotopic (exact) mass is 158 g/mol. The largest absolute Gasteiger partial charge is 0.207 e. The zero-order valence-corrected chi connectivity index (χ0v) is 6.00. The fourth-order valence-electron chi connectivity index (χ4n) is 0.835. The second kappa shape index (κ2) is 2.99. The van der Waals surface area contributed by atoms with Gasteiger partial charge in [-0.05, 0) is 11.6 Å². The molecule has 1 rings (SSSR count). The van der Waals surface area contributed by atoms with E-state index in [4.69, 9.17) is 0 Å². The number of hydrogen-bond donors (Lipinski definition) is 0. The molecule has 0 N–H and O–H groups in total. The van der Waals surface area contributed by atoms with Crippen molar-refractivity contribution >= 4 is 7.85 Å². The molecular weight excluding hydrogens is 152 g/mol. The Kier molecular flexibility index (Phi) is 2.22. The van der Waals surface area contributed by atoms with Crippen LogP contribution in [0.15, 0.2) is 12.1 Å². The van der Waals surface area contributed by atoms with Crippen LogP contribution in [0.3, 0.4) is 0 Å². The summed E-state index contributed by atoms with van der Waals surface area (Å²) in [5, 5.41) is 0. The summed E-state index contributed by atoms with van der Waals surface area (Å²) < 4.78 is 37.3. The van der Waals surface area contributed by atoms with E-state index in [2.05, 4.69) is 0 Å². The maximum Gasteiger partial charge on any atom is 0.161 e. The second-order valence-electron chi connectivity index (χ2n) is 2.21. The molecule has 0 bridgehead atoms. The molecule has 0 saturated heterocycles. The van der Waals surface area contributed by atoms with Gasteiger partial charge in [-0.25, -0.2) is 13.2 Å². The Morgan fingerprint density at radius 3 is 2.09 bits per heavy atom. The summed E-state index contributed by atoms with van der Waals surface area (Å²) >= 11 is 0. The summed E-state index contributed by atoms with van der Waals surface area (Å²) in [6.45, 7) is 0. The van der Waals surface area contributed by atoms with E-state index in [-0.39, 0.29) is 5.56 Å². The minimum absolute atomic E-state index is 0.198. The van der Waals surface area contributed by atoms with Gasteiger partial charge in [-0.1, -0.05) is 6.32 Å². The first kappa shape index (κ1) is 8.17. The molecule has 4 heteroatoms. The van der Waals surface area contributed by atoms with Gasteiger partial charge >= 0.3 is 0 Å². The molecule has 0 aliphatic carbocycles. The average molecular weight is 158 g/mol. The van der Waals surface area contributed by atoms with E-state index in [0.717, 1.165) is 6.07 Å². The SMILES string of the molecule is BCc1cc(F)c(F)cc1F. The zero-order chi connectivity index (χ0) is 8.43. The molecule has 58 valence electrons. The normalized spacial score (nSPS) is 10.1. The Hall–Kier alpha value is -0.925. The van der Waals surface area contributed by atoms with Crippen molar-refractivity contribution in [3.05, 3.63) is 35.1 Å². The van der Waals surface area contributed by atoms with Crippen LogP contribution in [-0.2, 0) is 6.32 Å². The first-order valence-corrected chi connectivity index (χ1v) is 3.28. The smallest absolute Gasteiger partial charge is 0.161 e. The van der Waals surface area contributed by atoms with Crippen molar-refractivity contribution < 1.29 is 13.2 Å². The first-order chi connectivity index (χ1) is 5.15. The molecule has 1 aromatic carbocycles. The van der Waals surface area contributed by atoms with Crippen molar-refractivity contribution in [2.24, 2.45) is 0 Å². The molecule has 0 saturated carbocycles. The molecule has 0 amide bonds. The van der Waals surface area contributed by atoms with E-state index in [1.165, 1.54) is 0 Å². The lowest BCUT2D eigenvalue weighted by molar-refractivity contribution is 0.491. The number of benzene rings is 1. The van der Waals surface area contributed by atoms with Gasteiger partial charge in [0.1, 0.15) is 13.7 Å². The maximum atomic E-state index is 12.6. The van der Waals surface area contributed by atoms with Crippen LogP contribution >= 0.6 is 0 Å². The number of hydrogen-bond acceptors (Lipinski definition) is 0. The number of halogens is 3. The summed E-state index contributed by atoms with van der Waals surface area (Å²) in [6.07, 6.45) is 0.364. The van der Waals surface area contributed by atoms with Gasteiger partial charge in [-0.3, -0.25) is 0 Å². The summed E-state index contributed by atoms with van der Waals surface area (Å²) in [6, 6.07) is 1.44. The van der Waals surface area contributed by atoms with Crippen LogP contribution in [0.5, 0.6) is 0 Å². The fraction of sp³-hybridized carbons (Fsp3) is 0.143. The topological polar surface area (TPSA) is 0 Å². The highest BCUT2D eigenvalue weighted by atomic mass is 19.2. The van der Waals surface area contributed by atoms with Crippen molar-refractivity contribution in [1.29, 1.82) is 0 Å². The van der Waals surface area contributed by atoms with Crippen molar-refractivity contribution in [2.45, 2.75) is 6.32 Å². The van der Waals surface area contributed by atoms with Gasteiger partial charge in [-0.2, -0.15) is 0 Å². The molecule has 0 spiro atoms. The lowest BCUT2D eigenvalue weighted by atomic mass is 9.96. The summed E-state index contributed by atoms with van der Waals surface area (Å²) in [4.78, 5) is 0. The van der Waals surface area contributed by atoms with Gasteiger partial charge in [0.25, 0.3) is 0 Å². The Labute approximate surface area is 63.4 Å². The van der Waals surface area contributed by atoms with Crippen LogP contribution in [0.25, 0.3) is 0 Å². The zero-order valence-electron chi connectivity index (χ0n) is 6.00. The fourth-order valence-corrected chi connectivity index (χ4v) is 0.835. The molecule has 0 heterocycles. The van der Waals surface area contributed by atoms with E-state index in [0.29, 0.717) is 12.4 Å². The molecule has 0 aromatic heterocycles. The lowest BCUT2D eigenvalue weighted by Crippen LogP contribution is -1.94. The Balaban J connectivity index is 3.21. The van der Waals surface area contributed by atoms with Crippen molar-refractivity contribution in [2.75, 3.05) is 0 Å². The molecule has 0 radical (unpaired) electrons. The summed E-state index contributed by atoms with van der Waals surface area (Å²) in [5.74, 6) is -2.82. The average Bonchev–Trinajstić information content (AvgIpc) is 1.97.